The van der Waals surface area contributed by atoms with Gasteiger partial charge in [-0.2, -0.15) is 13.2 Å². The van der Waals surface area contributed by atoms with E-state index in [4.69, 9.17) is 0 Å². The van der Waals surface area contributed by atoms with Crippen LogP contribution in [0.25, 0.3) is 0 Å². The van der Waals surface area contributed by atoms with Gasteiger partial charge in [0.25, 0.3) is 0 Å². The molecule has 0 radical (unpaired) electrons. The topological polar surface area (TPSA) is 23.5 Å². The SMILES string of the molecule is CN(C)c1cccc(C(O)c2ccccc2C(F)(F)F)c1. The van der Waals surface area contributed by atoms with Crippen molar-refractivity contribution in [3.8, 4) is 0 Å². The van der Waals surface area contributed by atoms with Gasteiger partial charge in [-0.25, -0.2) is 0 Å². The first-order valence-electron chi connectivity index (χ1n) is 6.42. The lowest BCUT2D eigenvalue weighted by Crippen LogP contribution is -2.13. The van der Waals surface area contributed by atoms with Crippen molar-refractivity contribution in [3.05, 3.63) is 65.2 Å². The van der Waals surface area contributed by atoms with Crippen LogP contribution in [0.4, 0.5) is 18.9 Å². The molecule has 0 saturated carbocycles. The second kappa shape index (κ2) is 5.77. The molecule has 112 valence electrons. The zero-order valence-electron chi connectivity index (χ0n) is 11.7. The van der Waals surface area contributed by atoms with Crippen molar-refractivity contribution in [1.29, 1.82) is 0 Å². The fraction of sp³-hybridized carbons (Fsp3) is 0.250. The van der Waals surface area contributed by atoms with E-state index in [0.29, 0.717) is 5.56 Å². The minimum Gasteiger partial charge on any atom is -0.384 e. The molecular formula is C16H16F3NO. The number of rotatable bonds is 3. The average molecular weight is 295 g/mol. The molecule has 1 N–H and O–H groups in total. The predicted molar refractivity (Wildman–Crippen MR) is 76.3 cm³/mol. The number of aliphatic hydroxyl groups is 1. The number of aliphatic hydroxyl groups excluding tert-OH is 1. The highest BCUT2D eigenvalue weighted by Crippen LogP contribution is 2.36. The molecule has 2 rings (SSSR count). The average Bonchev–Trinajstić information content (AvgIpc) is 2.45. The zero-order chi connectivity index (χ0) is 15.6. The third-order valence-corrected chi connectivity index (χ3v) is 3.26. The summed E-state index contributed by atoms with van der Waals surface area (Å²) in [6.07, 6.45) is -5.81. The second-order valence-electron chi connectivity index (χ2n) is 4.98. The molecule has 1 atom stereocenters. The molecule has 2 aromatic rings. The third-order valence-electron chi connectivity index (χ3n) is 3.26. The van der Waals surface area contributed by atoms with Crippen LogP contribution < -0.4 is 4.90 Å². The quantitative estimate of drug-likeness (QED) is 0.929. The molecule has 0 amide bonds. The Balaban J connectivity index is 2.46. The molecule has 0 bridgehead atoms. The number of anilines is 1. The first kappa shape index (κ1) is 15.4. The minimum absolute atomic E-state index is 0.138. The lowest BCUT2D eigenvalue weighted by molar-refractivity contribution is -0.139. The molecule has 2 nitrogen and oxygen atoms in total. The van der Waals surface area contributed by atoms with Crippen LogP contribution in [0.5, 0.6) is 0 Å². The van der Waals surface area contributed by atoms with Gasteiger partial charge in [0.2, 0.25) is 0 Å². The first-order chi connectivity index (χ1) is 9.80. The van der Waals surface area contributed by atoms with Crippen LogP contribution in [0.1, 0.15) is 22.8 Å². The van der Waals surface area contributed by atoms with Crippen molar-refractivity contribution in [1.82, 2.24) is 0 Å². The van der Waals surface area contributed by atoms with E-state index in [0.717, 1.165) is 11.8 Å². The molecule has 0 spiro atoms. The van der Waals surface area contributed by atoms with E-state index < -0.39 is 17.8 Å². The van der Waals surface area contributed by atoms with E-state index in [-0.39, 0.29) is 5.56 Å². The zero-order valence-corrected chi connectivity index (χ0v) is 11.7. The van der Waals surface area contributed by atoms with Gasteiger partial charge in [-0.3, -0.25) is 0 Å². The Morgan fingerprint density at radius 1 is 1.00 bits per heavy atom. The Kier molecular flexibility index (Phi) is 4.23. The van der Waals surface area contributed by atoms with Gasteiger partial charge in [-0.15, -0.1) is 0 Å². The van der Waals surface area contributed by atoms with E-state index in [9.17, 15) is 18.3 Å². The molecule has 0 saturated heterocycles. The fourth-order valence-corrected chi connectivity index (χ4v) is 2.15. The Morgan fingerprint density at radius 2 is 1.67 bits per heavy atom. The molecule has 0 fully saturated rings. The predicted octanol–water partition coefficient (Wildman–Crippen LogP) is 3.85. The maximum Gasteiger partial charge on any atom is 0.416 e. The summed E-state index contributed by atoms with van der Waals surface area (Å²) in [6, 6.07) is 11.9. The smallest absolute Gasteiger partial charge is 0.384 e. The van der Waals surface area contributed by atoms with Gasteiger partial charge in [-0.1, -0.05) is 30.3 Å². The van der Waals surface area contributed by atoms with Crippen molar-refractivity contribution >= 4 is 5.69 Å². The number of hydrogen-bond donors (Lipinski definition) is 1. The molecule has 5 heteroatoms. The minimum atomic E-state index is -4.49. The maximum atomic E-state index is 13.0. The second-order valence-corrected chi connectivity index (χ2v) is 4.98. The summed E-state index contributed by atoms with van der Waals surface area (Å²) in [5.41, 5.74) is 0.294. The number of halogens is 3. The largest absolute Gasteiger partial charge is 0.416 e. The summed E-state index contributed by atoms with van der Waals surface area (Å²) in [6.45, 7) is 0. The Bertz CT molecular complexity index is 623. The summed E-state index contributed by atoms with van der Waals surface area (Å²) in [5.74, 6) is 0. The highest BCUT2D eigenvalue weighted by molar-refractivity contribution is 5.49. The molecule has 2 aromatic carbocycles. The van der Waals surface area contributed by atoms with Gasteiger partial charge >= 0.3 is 6.18 Å². The van der Waals surface area contributed by atoms with Crippen molar-refractivity contribution in [2.24, 2.45) is 0 Å². The lowest BCUT2D eigenvalue weighted by Gasteiger charge is -2.19. The van der Waals surface area contributed by atoms with Crippen molar-refractivity contribution < 1.29 is 18.3 Å². The lowest BCUT2D eigenvalue weighted by atomic mass is 9.96. The highest BCUT2D eigenvalue weighted by atomic mass is 19.4. The van der Waals surface area contributed by atoms with Crippen LogP contribution in [0, 0.1) is 0 Å². The normalized spacial score (nSPS) is 13.0. The van der Waals surface area contributed by atoms with Gasteiger partial charge < -0.3 is 10.0 Å². The van der Waals surface area contributed by atoms with Gasteiger partial charge in [0.15, 0.2) is 0 Å². The number of alkyl halides is 3. The molecular weight excluding hydrogens is 279 g/mol. The summed E-state index contributed by atoms with van der Waals surface area (Å²) >= 11 is 0. The van der Waals surface area contributed by atoms with E-state index in [1.54, 1.807) is 18.2 Å². The molecule has 1 unspecified atom stereocenters. The summed E-state index contributed by atoms with van der Waals surface area (Å²) in [7, 11) is 3.66. The van der Waals surface area contributed by atoms with Gasteiger partial charge in [0.05, 0.1) is 5.56 Å². The number of benzene rings is 2. The molecule has 0 aliphatic heterocycles. The van der Waals surface area contributed by atoms with Crippen LogP contribution in [0.15, 0.2) is 48.5 Å². The number of hydrogen-bond acceptors (Lipinski definition) is 2. The fourth-order valence-electron chi connectivity index (χ4n) is 2.15. The highest BCUT2D eigenvalue weighted by Gasteiger charge is 2.34. The van der Waals surface area contributed by atoms with Gasteiger partial charge in [-0.05, 0) is 29.3 Å². The maximum absolute atomic E-state index is 13.0. The van der Waals surface area contributed by atoms with Crippen LogP contribution >= 0.6 is 0 Å². The van der Waals surface area contributed by atoms with Crippen LogP contribution in [0.3, 0.4) is 0 Å². The number of nitrogens with zero attached hydrogens (tertiary/aromatic N) is 1. The molecule has 21 heavy (non-hydrogen) atoms. The molecule has 0 heterocycles. The van der Waals surface area contributed by atoms with E-state index in [1.165, 1.54) is 18.2 Å². The van der Waals surface area contributed by atoms with Gasteiger partial charge in [0, 0.05) is 19.8 Å². The summed E-state index contributed by atoms with van der Waals surface area (Å²) in [5, 5.41) is 10.3. The van der Waals surface area contributed by atoms with E-state index in [1.807, 2.05) is 25.1 Å². The summed E-state index contributed by atoms with van der Waals surface area (Å²) in [4.78, 5) is 1.83. The summed E-state index contributed by atoms with van der Waals surface area (Å²) < 4.78 is 39.0. The van der Waals surface area contributed by atoms with Crippen molar-refractivity contribution in [2.45, 2.75) is 12.3 Å². The van der Waals surface area contributed by atoms with E-state index >= 15 is 0 Å². The molecule has 0 aliphatic rings. The van der Waals surface area contributed by atoms with E-state index in [2.05, 4.69) is 0 Å². The third kappa shape index (κ3) is 3.36. The van der Waals surface area contributed by atoms with Crippen molar-refractivity contribution in [2.75, 3.05) is 19.0 Å². The Morgan fingerprint density at radius 3 is 2.29 bits per heavy atom. The van der Waals surface area contributed by atoms with Crippen LogP contribution in [-0.2, 0) is 6.18 Å². The Labute approximate surface area is 121 Å². The monoisotopic (exact) mass is 295 g/mol. The van der Waals surface area contributed by atoms with Crippen LogP contribution in [0.2, 0.25) is 0 Å². The Hall–Kier alpha value is -2.01. The van der Waals surface area contributed by atoms with Gasteiger partial charge in [0.1, 0.15) is 6.10 Å². The molecule has 0 aromatic heterocycles. The first-order valence-corrected chi connectivity index (χ1v) is 6.42. The van der Waals surface area contributed by atoms with Crippen molar-refractivity contribution in [3.63, 3.8) is 0 Å². The van der Waals surface area contributed by atoms with Crippen LogP contribution in [-0.4, -0.2) is 19.2 Å². The standard InChI is InChI=1S/C16H16F3NO/c1-20(2)12-7-5-6-11(10-12)15(21)13-8-3-4-9-14(13)16(17,18)19/h3-10,15,21H,1-2H3. The molecule has 0 aliphatic carbocycles.